The second-order valence-electron chi connectivity index (χ2n) is 2.79. The molecule has 1 aliphatic rings. The molecule has 0 aromatic carbocycles. The Kier molecular flexibility index (Phi) is 2.50. The maximum Gasteiger partial charge on any atom is 0.0958 e. The van der Waals surface area contributed by atoms with Gasteiger partial charge in [-0.2, -0.15) is 0 Å². The van der Waals surface area contributed by atoms with Gasteiger partial charge in [0.1, 0.15) is 0 Å². The van der Waals surface area contributed by atoms with Crippen molar-refractivity contribution in [3.05, 3.63) is 20.3 Å². The van der Waals surface area contributed by atoms with Gasteiger partial charge < -0.3 is 10.5 Å². The molecule has 0 saturated heterocycles. The van der Waals surface area contributed by atoms with Crippen LogP contribution >= 0.6 is 27.3 Å². The number of hydrogen-bond donors (Lipinski definition) is 1. The van der Waals surface area contributed by atoms with Crippen LogP contribution in [0.25, 0.3) is 0 Å². The molecule has 1 atom stereocenters. The number of fused-ring (bicyclic) bond motifs is 1. The van der Waals surface area contributed by atoms with Gasteiger partial charge in [-0.25, -0.2) is 0 Å². The maximum atomic E-state index is 5.59. The first-order valence-electron chi connectivity index (χ1n) is 3.90. The van der Waals surface area contributed by atoms with Gasteiger partial charge in [0.15, 0.2) is 0 Å². The molecular formula is C8H10BrNOS. The van der Waals surface area contributed by atoms with Gasteiger partial charge in [0, 0.05) is 6.54 Å². The van der Waals surface area contributed by atoms with Gasteiger partial charge >= 0.3 is 0 Å². The minimum absolute atomic E-state index is 0.122. The van der Waals surface area contributed by atoms with Crippen molar-refractivity contribution in [3.8, 4) is 0 Å². The summed E-state index contributed by atoms with van der Waals surface area (Å²) < 4.78 is 6.76. The van der Waals surface area contributed by atoms with E-state index in [1.54, 1.807) is 11.3 Å². The van der Waals surface area contributed by atoms with Crippen LogP contribution in [0.4, 0.5) is 0 Å². The first-order valence-corrected chi connectivity index (χ1v) is 5.57. The van der Waals surface area contributed by atoms with Crippen molar-refractivity contribution >= 4 is 27.3 Å². The Bertz CT molecular complexity index is 287. The minimum Gasteiger partial charge on any atom is -0.372 e. The summed E-state index contributed by atoms with van der Waals surface area (Å²) in [6.45, 7) is 1.38. The van der Waals surface area contributed by atoms with Crippen molar-refractivity contribution in [2.45, 2.75) is 12.5 Å². The third-order valence-electron chi connectivity index (χ3n) is 2.11. The van der Waals surface area contributed by atoms with Crippen molar-refractivity contribution in [2.24, 2.45) is 5.73 Å². The average Bonchev–Trinajstić information content (AvgIpc) is 2.48. The molecule has 0 saturated carbocycles. The number of nitrogens with two attached hydrogens (primary N) is 1. The highest BCUT2D eigenvalue weighted by molar-refractivity contribution is 9.11. The highest BCUT2D eigenvalue weighted by Gasteiger charge is 2.22. The van der Waals surface area contributed by atoms with Gasteiger partial charge in [-0.3, -0.25) is 0 Å². The Labute approximate surface area is 83.8 Å². The Morgan fingerprint density at radius 1 is 1.75 bits per heavy atom. The van der Waals surface area contributed by atoms with E-state index in [9.17, 15) is 0 Å². The zero-order chi connectivity index (χ0) is 8.55. The van der Waals surface area contributed by atoms with Crippen LogP contribution < -0.4 is 5.73 Å². The molecule has 2 N–H and O–H groups in total. The van der Waals surface area contributed by atoms with E-state index in [1.165, 1.54) is 14.9 Å². The van der Waals surface area contributed by atoms with E-state index in [4.69, 9.17) is 10.5 Å². The first kappa shape index (κ1) is 8.69. The fourth-order valence-electron chi connectivity index (χ4n) is 1.47. The van der Waals surface area contributed by atoms with Crippen molar-refractivity contribution in [1.82, 2.24) is 0 Å². The van der Waals surface area contributed by atoms with Gasteiger partial charge in [-0.05, 0) is 38.9 Å². The smallest absolute Gasteiger partial charge is 0.0958 e. The topological polar surface area (TPSA) is 35.2 Å². The molecule has 2 nitrogen and oxygen atoms in total. The largest absolute Gasteiger partial charge is 0.372 e. The molecule has 0 unspecified atom stereocenters. The molecule has 2 heterocycles. The summed E-state index contributed by atoms with van der Waals surface area (Å²) in [5.74, 6) is 0. The lowest BCUT2D eigenvalue weighted by Gasteiger charge is -2.22. The van der Waals surface area contributed by atoms with E-state index in [2.05, 4.69) is 21.3 Å². The molecule has 66 valence electrons. The summed E-state index contributed by atoms with van der Waals surface area (Å²) in [4.78, 5) is 0. The summed E-state index contributed by atoms with van der Waals surface area (Å²) in [5.41, 5.74) is 8.26. The molecule has 0 radical (unpaired) electrons. The lowest BCUT2D eigenvalue weighted by molar-refractivity contribution is 0.0489. The van der Waals surface area contributed by atoms with Gasteiger partial charge in [0.2, 0.25) is 0 Å². The number of ether oxygens (including phenoxy) is 1. The predicted octanol–water partition coefficient (Wildman–Crippen LogP) is 2.08. The van der Waals surface area contributed by atoms with Crippen LogP contribution in [0.1, 0.15) is 17.2 Å². The van der Waals surface area contributed by atoms with Crippen molar-refractivity contribution in [1.29, 1.82) is 0 Å². The van der Waals surface area contributed by atoms with Crippen LogP contribution in [-0.4, -0.2) is 13.2 Å². The molecule has 4 heteroatoms. The minimum atomic E-state index is 0.122. The molecule has 0 bridgehead atoms. The zero-order valence-corrected chi connectivity index (χ0v) is 8.95. The second kappa shape index (κ2) is 3.46. The molecule has 2 rings (SSSR count). The highest BCUT2D eigenvalue weighted by atomic mass is 79.9. The Balaban J connectivity index is 2.38. The van der Waals surface area contributed by atoms with E-state index in [1.807, 2.05) is 0 Å². The average molecular weight is 248 g/mol. The van der Waals surface area contributed by atoms with E-state index < -0.39 is 0 Å². The highest BCUT2D eigenvalue weighted by Crippen LogP contribution is 2.36. The molecule has 12 heavy (non-hydrogen) atoms. The molecule has 1 aliphatic heterocycles. The Morgan fingerprint density at radius 2 is 2.58 bits per heavy atom. The van der Waals surface area contributed by atoms with Crippen LogP contribution in [0.2, 0.25) is 0 Å². The van der Waals surface area contributed by atoms with Crippen LogP contribution in [0.5, 0.6) is 0 Å². The number of halogens is 1. The van der Waals surface area contributed by atoms with Crippen molar-refractivity contribution < 1.29 is 4.74 Å². The predicted molar refractivity (Wildman–Crippen MR) is 53.5 cm³/mol. The van der Waals surface area contributed by atoms with E-state index in [0.29, 0.717) is 6.54 Å². The molecule has 0 aliphatic carbocycles. The summed E-state index contributed by atoms with van der Waals surface area (Å²) in [6, 6.07) is 0. The van der Waals surface area contributed by atoms with Gasteiger partial charge in [0.05, 0.1) is 16.5 Å². The SMILES string of the molecule is NC[C@@H]1OCCc2c1csc2Br. The summed E-state index contributed by atoms with van der Waals surface area (Å²) in [7, 11) is 0. The van der Waals surface area contributed by atoms with E-state index >= 15 is 0 Å². The summed E-state index contributed by atoms with van der Waals surface area (Å²) in [6.07, 6.45) is 1.13. The van der Waals surface area contributed by atoms with Crippen LogP contribution in [0, 0.1) is 0 Å². The first-order chi connectivity index (χ1) is 5.83. The summed E-state index contributed by atoms with van der Waals surface area (Å²) in [5, 5.41) is 2.14. The number of thiophene rings is 1. The van der Waals surface area contributed by atoms with Crippen LogP contribution in [-0.2, 0) is 11.2 Å². The van der Waals surface area contributed by atoms with Crippen LogP contribution in [0.3, 0.4) is 0 Å². The third-order valence-corrected chi connectivity index (χ3v) is 3.97. The molecule has 0 spiro atoms. The monoisotopic (exact) mass is 247 g/mol. The van der Waals surface area contributed by atoms with Crippen molar-refractivity contribution in [3.63, 3.8) is 0 Å². The molecule has 1 aromatic rings. The number of hydrogen-bond acceptors (Lipinski definition) is 3. The van der Waals surface area contributed by atoms with Crippen LogP contribution in [0.15, 0.2) is 9.17 Å². The molecule has 1 aromatic heterocycles. The standard InChI is InChI=1S/C8H10BrNOS/c9-8-5-1-2-11-7(3-10)6(5)4-12-8/h4,7H,1-3,10H2/t7-/m0/s1. The molecule has 0 fully saturated rings. The Morgan fingerprint density at radius 3 is 3.33 bits per heavy atom. The lowest BCUT2D eigenvalue weighted by Crippen LogP contribution is -2.21. The molecular weight excluding hydrogens is 238 g/mol. The lowest BCUT2D eigenvalue weighted by atomic mass is 10.0. The van der Waals surface area contributed by atoms with E-state index in [0.717, 1.165) is 13.0 Å². The number of rotatable bonds is 1. The second-order valence-corrected chi connectivity index (χ2v) is 4.99. The van der Waals surface area contributed by atoms with Crippen molar-refractivity contribution in [2.75, 3.05) is 13.2 Å². The maximum absolute atomic E-state index is 5.59. The van der Waals surface area contributed by atoms with E-state index in [-0.39, 0.29) is 6.10 Å². The van der Waals surface area contributed by atoms with Gasteiger partial charge in [-0.1, -0.05) is 0 Å². The summed E-state index contributed by atoms with van der Waals surface area (Å²) >= 11 is 5.25. The fourth-order valence-corrected chi connectivity index (χ4v) is 3.07. The third kappa shape index (κ3) is 1.33. The fraction of sp³-hybridized carbons (Fsp3) is 0.500. The quantitative estimate of drug-likeness (QED) is 0.825. The molecule has 0 amide bonds. The van der Waals surface area contributed by atoms with Gasteiger partial charge in [-0.15, -0.1) is 11.3 Å². The normalized spacial score (nSPS) is 22.3. The zero-order valence-electron chi connectivity index (χ0n) is 6.55. The van der Waals surface area contributed by atoms with Gasteiger partial charge in [0.25, 0.3) is 0 Å². The Hall–Kier alpha value is 0.100.